The first-order chi connectivity index (χ1) is 13.9. The Balaban J connectivity index is 1.22. The summed E-state index contributed by atoms with van der Waals surface area (Å²) >= 11 is 0. The summed E-state index contributed by atoms with van der Waals surface area (Å²) in [6, 6.07) is 9.89. The van der Waals surface area contributed by atoms with E-state index < -0.39 is 0 Å². The molecule has 2 atom stereocenters. The minimum atomic E-state index is 0.0902. The average Bonchev–Trinajstić information content (AvgIpc) is 2.87. The Morgan fingerprint density at radius 1 is 1.07 bits per heavy atom. The Labute approximate surface area is 174 Å². The molecule has 0 radical (unpaired) electrons. The van der Waals surface area contributed by atoms with E-state index in [0.717, 1.165) is 45.2 Å². The highest BCUT2D eigenvalue weighted by molar-refractivity contribution is 5.78. The Kier molecular flexibility index (Phi) is 5.81. The van der Waals surface area contributed by atoms with Crippen LogP contribution in [-0.2, 0) is 11.2 Å². The molecule has 0 aromatic heterocycles. The summed E-state index contributed by atoms with van der Waals surface area (Å²) in [6.45, 7) is 4.32. The molecule has 1 aromatic rings. The summed E-state index contributed by atoms with van der Waals surface area (Å²) < 4.78 is 0. The van der Waals surface area contributed by atoms with Crippen molar-refractivity contribution < 1.29 is 9.59 Å². The van der Waals surface area contributed by atoms with Gasteiger partial charge in [0.05, 0.1) is 6.54 Å². The fourth-order valence-electron chi connectivity index (χ4n) is 5.14. The lowest BCUT2D eigenvalue weighted by atomic mass is 9.92. The van der Waals surface area contributed by atoms with E-state index in [4.69, 9.17) is 0 Å². The lowest BCUT2D eigenvalue weighted by molar-refractivity contribution is -0.131. The molecule has 2 bridgehead atoms. The van der Waals surface area contributed by atoms with Gasteiger partial charge in [0.1, 0.15) is 0 Å². The molecule has 6 nitrogen and oxygen atoms in total. The second kappa shape index (κ2) is 8.34. The third kappa shape index (κ3) is 4.58. The molecule has 3 saturated heterocycles. The maximum atomic E-state index is 12.7. The molecule has 0 spiro atoms. The van der Waals surface area contributed by atoms with E-state index in [1.54, 1.807) is 4.90 Å². The minimum Gasteiger partial charge on any atom is -0.348 e. The zero-order valence-electron chi connectivity index (χ0n) is 17.9. The summed E-state index contributed by atoms with van der Waals surface area (Å²) in [6.07, 6.45) is 5.25. The molecular weight excluding hydrogens is 364 g/mol. The van der Waals surface area contributed by atoms with Crippen molar-refractivity contribution in [3.63, 3.8) is 0 Å². The van der Waals surface area contributed by atoms with Crippen LogP contribution in [0.4, 0.5) is 4.79 Å². The second-order valence-corrected chi connectivity index (χ2v) is 9.42. The van der Waals surface area contributed by atoms with Crippen LogP contribution in [0.25, 0.3) is 0 Å². The summed E-state index contributed by atoms with van der Waals surface area (Å²) in [7, 11) is 3.63. The van der Waals surface area contributed by atoms with Gasteiger partial charge in [-0.2, -0.15) is 0 Å². The summed E-state index contributed by atoms with van der Waals surface area (Å²) in [4.78, 5) is 30.8. The highest BCUT2D eigenvalue weighted by atomic mass is 16.2. The fourth-order valence-corrected chi connectivity index (χ4v) is 5.14. The minimum absolute atomic E-state index is 0.0902. The predicted octanol–water partition coefficient (Wildman–Crippen LogP) is 2.26. The van der Waals surface area contributed by atoms with Crippen molar-refractivity contribution in [2.24, 2.45) is 5.92 Å². The molecule has 29 heavy (non-hydrogen) atoms. The fraction of sp³-hybridized carbons (Fsp3) is 0.652. The van der Waals surface area contributed by atoms with Crippen LogP contribution in [0.5, 0.6) is 0 Å². The second-order valence-electron chi connectivity index (χ2n) is 9.42. The molecule has 3 amide bonds. The van der Waals surface area contributed by atoms with Crippen LogP contribution in [0, 0.1) is 12.8 Å². The third-order valence-corrected chi connectivity index (χ3v) is 6.92. The number of hydrogen-bond acceptors (Lipinski definition) is 3. The molecule has 0 saturated carbocycles. The van der Waals surface area contributed by atoms with Gasteiger partial charge in [0.15, 0.2) is 0 Å². The number of rotatable bonds is 5. The third-order valence-electron chi connectivity index (χ3n) is 6.92. The van der Waals surface area contributed by atoms with Crippen molar-refractivity contribution in [1.82, 2.24) is 20.0 Å². The number of aryl methyl sites for hydroxylation is 1. The van der Waals surface area contributed by atoms with Gasteiger partial charge in [-0.3, -0.25) is 9.69 Å². The number of hydrogen-bond donors (Lipinski definition) is 1. The molecule has 3 fully saturated rings. The number of piperidine rings is 1. The quantitative estimate of drug-likeness (QED) is 0.828. The number of carbonyl (C=O) groups excluding carboxylic acids is 2. The van der Waals surface area contributed by atoms with Crippen LogP contribution in [0.2, 0.25) is 0 Å². The van der Waals surface area contributed by atoms with Gasteiger partial charge in [0.2, 0.25) is 5.91 Å². The molecule has 4 rings (SSSR count). The molecule has 1 N–H and O–H groups in total. The van der Waals surface area contributed by atoms with Crippen molar-refractivity contribution in [2.75, 3.05) is 33.7 Å². The average molecular weight is 399 g/mol. The maximum absolute atomic E-state index is 12.7. The number of carbonyl (C=O) groups is 2. The lowest BCUT2D eigenvalue weighted by Crippen LogP contribution is -2.58. The van der Waals surface area contributed by atoms with Gasteiger partial charge in [-0.15, -0.1) is 0 Å². The number of likely N-dealkylation sites (N-methyl/N-ethyl adjacent to an activating group) is 1. The van der Waals surface area contributed by atoms with E-state index in [0.29, 0.717) is 24.5 Å². The van der Waals surface area contributed by atoms with Crippen molar-refractivity contribution in [3.05, 3.63) is 35.4 Å². The lowest BCUT2D eigenvalue weighted by Gasteiger charge is -2.42. The normalized spacial score (nSPS) is 26.9. The van der Waals surface area contributed by atoms with E-state index in [1.165, 1.54) is 11.1 Å². The summed E-state index contributed by atoms with van der Waals surface area (Å²) in [5.41, 5.74) is 2.64. The van der Waals surface area contributed by atoms with Crippen LogP contribution in [0.15, 0.2) is 24.3 Å². The van der Waals surface area contributed by atoms with Gasteiger partial charge in [0.25, 0.3) is 0 Å². The largest absolute Gasteiger partial charge is 0.348 e. The molecule has 6 heteroatoms. The number of nitrogens with one attached hydrogen (secondary N) is 1. The molecular formula is C23H34N4O2. The number of fused-ring (bicyclic) bond motifs is 2. The number of urea groups is 1. The molecule has 1 aromatic carbocycles. The first-order valence-corrected chi connectivity index (χ1v) is 11.0. The first kappa shape index (κ1) is 20.2. The Hall–Kier alpha value is -2.08. The van der Waals surface area contributed by atoms with Crippen LogP contribution in [-0.4, -0.2) is 78.5 Å². The van der Waals surface area contributed by atoms with Crippen molar-refractivity contribution in [3.8, 4) is 0 Å². The Bertz CT molecular complexity index is 728. The number of benzene rings is 1. The van der Waals surface area contributed by atoms with E-state index in [-0.39, 0.29) is 18.0 Å². The highest BCUT2D eigenvalue weighted by Gasteiger charge is 2.42. The molecule has 3 aliphatic rings. The van der Waals surface area contributed by atoms with E-state index >= 15 is 0 Å². The maximum Gasteiger partial charge on any atom is 0.317 e. The molecule has 2 unspecified atom stereocenters. The molecule has 3 aliphatic heterocycles. The molecule has 3 heterocycles. The SMILES string of the molecule is Cc1ccc(CC2CN(C(=O)NC3CC4CCC(C3)N4CC(=O)N(C)C)C2)cc1. The topological polar surface area (TPSA) is 55.9 Å². The van der Waals surface area contributed by atoms with Crippen LogP contribution in [0.3, 0.4) is 0 Å². The number of nitrogens with zero attached hydrogens (tertiary/aromatic N) is 3. The predicted molar refractivity (Wildman–Crippen MR) is 114 cm³/mol. The monoisotopic (exact) mass is 398 g/mol. The molecule has 0 aliphatic carbocycles. The van der Waals surface area contributed by atoms with E-state index in [2.05, 4.69) is 41.4 Å². The van der Waals surface area contributed by atoms with Crippen molar-refractivity contribution >= 4 is 11.9 Å². The van der Waals surface area contributed by atoms with Gasteiger partial charge < -0.3 is 15.1 Å². The van der Waals surface area contributed by atoms with Gasteiger partial charge in [-0.05, 0) is 50.5 Å². The molecule has 158 valence electrons. The van der Waals surface area contributed by atoms with E-state index in [1.807, 2.05) is 19.0 Å². The zero-order valence-corrected chi connectivity index (χ0v) is 17.9. The van der Waals surface area contributed by atoms with Crippen molar-refractivity contribution in [1.29, 1.82) is 0 Å². The highest BCUT2D eigenvalue weighted by Crippen LogP contribution is 2.35. The standard InChI is InChI=1S/C23H34N4O2/c1-16-4-6-17(7-5-16)10-18-13-26(14-18)23(29)24-19-11-20-8-9-21(12-19)27(20)15-22(28)25(2)3/h4-7,18-21H,8-15H2,1-3H3,(H,24,29). The van der Waals surface area contributed by atoms with Gasteiger partial charge >= 0.3 is 6.03 Å². The number of likely N-dealkylation sites (tertiary alicyclic amines) is 1. The Morgan fingerprint density at radius 2 is 1.69 bits per heavy atom. The zero-order chi connectivity index (χ0) is 20.5. The summed E-state index contributed by atoms with van der Waals surface area (Å²) in [5.74, 6) is 0.739. The van der Waals surface area contributed by atoms with Crippen LogP contribution in [0.1, 0.15) is 36.8 Å². The van der Waals surface area contributed by atoms with Gasteiger partial charge in [0, 0.05) is 45.3 Å². The van der Waals surface area contributed by atoms with Gasteiger partial charge in [-0.25, -0.2) is 4.79 Å². The van der Waals surface area contributed by atoms with Crippen LogP contribution < -0.4 is 5.32 Å². The van der Waals surface area contributed by atoms with Crippen LogP contribution >= 0.6 is 0 Å². The van der Waals surface area contributed by atoms with Gasteiger partial charge in [-0.1, -0.05) is 29.8 Å². The smallest absolute Gasteiger partial charge is 0.317 e. The van der Waals surface area contributed by atoms with E-state index in [9.17, 15) is 9.59 Å². The summed E-state index contributed by atoms with van der Waals surface area (Å²) in [5, 5.41) is 3.28. The Morgan fingerprint density at radius 3 is 2.28 bits per heavy atom. The first-order valence-electron chi connectivity index (χ1n) is 11.0. The number of amides is 3. The van der Waals surface area contributed by atoms with Crippen molar-refractivity contribution in [2.45, 2.75) is 57.2 Å².